The molecule has 0 saturated carbocycles. The van der Waals surface area contributed by atoms with Gasteiger partial charge in [0.15, 0.2) is 5.13 Å². The average Bonchev–Trinajstić information content (AvgIpc) is 3.24. The maximum atomic E-state index is 13.3. The van der Waals surface area contributed by atoms with E-state index >= 15 is 0 Å². The summed E-state index contributed by atoms with van der Waals surface area (Å²) in [4.78, 5) is 25.3. The van der Waals surface area contributed by atoms with Gasteiger partial charge in [-0.15, -0.1) is 11.8 Å². The molecule has 164 valence electrons. The van der Waals surface area contributed by atoms with Crippen LogP contribution in [0, 0.1) is 13.8 Å². The lowest BCUT2D eigenvalue weighted by Gasteiger charge is -2.20. The predicted molar refractivity (Wildman–Crippen MR) is 136 cm³/mol. The second-order valence-corrected chi connectivity index (χ2v) is 10.2. The monoisotopic (exact) mass is 481 g/mol. The number of hydrogen-bond donors (Lipinski definition) is 0. The highest BCUT2D eigenvalue weighted by Gasteiger charge is 2.21. The van der Waals surface area contributed by atoms with Gasteiger partial charge < -0.3 is 0 Å². The van der Waals surface area contributed by atoms with E-state index in [9.17, 15) is 4.79 Å². The first-order valence-electron chi connectivity index (χ1n) is 10.5. The van der Waals surface area contributed by atoms with Gasteiger partial charge in [-0.2, -0.15) is 0 Å². The number of carbonyl (C=O) groups excluding carboxylic acids is 1. The highest BCUT2D eigenvalue weighted by Crippen LogP contribution is 2.33. The average molecular weight is 482 g/mol. The highest BCUT2D eigenvalue weighted by molar-refractivity contribution is 7.99. The second kappa shape index (κ2) is 10.5. The molecule has 1 amide bonds. The molecule has 0 aliphatic carbocycles. The minimum absolute atomic E-state index is 0.0824. The minimum Gasteiger partial charge on any atom is -0.284 e. The number of benzene rings is 2. The summed E-state index contributed by atoms with van der Waals surface area (Å²) in [6.07, 6.45) is 4.81. The molecule has 7 heteroatoms. The maximum Gasteiger partial charge on any atom is 0.229 e. The van der Waals surface area contributed by atoms with Gasteiger partial charge in [-0.05, 0) is 79.1 Å². The quantitative estimate of drug-likeness (QED) is 0.199. The summed E-state index contributed by atoms with van der Waals surface area (Å²) in [5.41, 5.74) is 4.34. The van der Waals surface area contributed by atoms with Crippen molar-refractivity contribution in [1.82, 2.24) is 9.97 Å². The Labute approximate surface area is 201 Å². The molecule has 2 aromatic heterocycles. The van der Waals surface area contributed by atoms with Gasteiger partial charge in [0.25, 0.3) is 0 Å². The number of amides is 1. The normalized spacial score (nSPS) is 11.1. The van der Waals surface area contributed by atoms with Crippen LogP contribution in [0.5, 0.6) is 0 Å². The highest BCUT2D eigenvalue weighted by atomic mass is 35.5. The largest absolute Gasteiger partial charge is 0.284 e. The molecule has 0 N–H and O–H groups in total. The predicted octanol–water partition coefficient (Wildman–Crippen LogP) is 7.07. The summed E-state index contributed by atoms with van der Waals surface area (Å²) < 4.78 is 1.10. The fraction of sp³-hybridized carbons (Fsp3) is 0.240. The van der Waals surface area contributed by atoms with Crippen molar-refractivity contribution in [3.8, 4) is 0 Å². The fourth-order valence-corrected chi connectivity index (χ4v) is 5.37. The Balaban J connectivity index is 1.49. The van der Waals surface area contributed by atoms with E-state index in [-0.39, 0.29) is 5.91 Å². The van der Waals surface area contributed by atoms with E-state index in [1.807, 2.05) is 41.3 Å². The van der Waals surface area contributed by atoms with Crippen molar-refractivity contribution in [2.75, 3.05) is 10.7 Å². The Morgan fingerprint density at radius 1 is 1.12 bits per heavy atom. The summed E-state index contributed by atoms with van der Waals surface area (Å²) in [6, 6.07) is 15.9. The number of carbonyl (C=O) groups is 1. The van der Waals surface area contributed by atoms with Gasteiger partial charge in [-0.25, -0.2) is 4.98 Å². The summed E-state index contributed by atoms with van der Waals surface area (Å²) in [5.74, 6) is 0.950. The van der Waals surface area contributed by atoms with E-state index < -0.39 is 0 Å². The molecular formula is C25H24ClN3OS2. The van der Waals surface area contributed by atoms with Crippen LogP contribution < -0.4 is 4.90 Å². The van der Waals surface area contributed by atoms with Gasteiger partial charge in [-0.1, -0.05) is 35.1 Å². The Hall–Kier alpha value is -2.41. The zero-order valence-electron chi connectivity index (χ0n) is 18.0. The number of aromatic nitrogens is 2. The SMILES string of the molecule is Cc1ccc2sc(N(Cc3cccnc3)C(=O)CCCSc3ccc(Cl)cc3)nc2c1C. The number of fused-ring (bicyclic) bond motifs is 1. The van der Waals surface area contributed by atoms with Crippen LogP contribution in [0.15, 0.2) is 65.8 Å². The Kier molecular flexibility index (Phi) is 7.45. The van der Waals surface area contributed by atoms with Gasteiger partial charge in [0.1, 0.15) is 0 Å². The van der Waals surface area contributed by atoms with Crippen molar-refractivity contribution in [2.24, 2.45) is 0 Å². The number of thioether (sulfide) groups is 1. The molecule has 4 aromatic rings. The number of hydrogen-bond acceptors (Lipinski definition) is 5. The molecule has 0 spiro atoms. The molecule has 0 bridgehead atoms. The summed E-state index contributed by atoms with van der Waals surface area (Å²) in [5, 5.41) is 1.48. The number of anilines is 1. The molecule has 0 atom stereocenters. The first-order chi connectivity index (χ1) is 15.5. The van der Waals surface area contributed by atoms with Gasteiger partial charge in [0.05, 0.1) is 16.8 Å². The molecule has 0 saturated heterocycles. The number of nitrogens with zero attached hydrogens (tertiary/aromatic N) is 3. The third-order valence-electron chi connectivity index (χ3n) is 5.29. The molecule has 32 heavy (non-hydrogen) atoms. The van der Waals surface area contributed by atoms with Crippen LogP contribution in [-0.2, 0) is 11.3 Å². The molecule has 0 aliphatic rings. The number of halogens is 1. The van der Waals surface area contributed by atoms with Gasteiger partial charge >= 0.3 is 0 Å². The van der Waals surface area contributed by atoms with E-state index in [0.29, 0.717) is 13.0 Å². The smallest absolute Gasteiger partial charge is 0.229 e. The minimum atomic E-state index is 0.0824. The first-order valence-corrected chi connectivity index (χ1v) is 12.6. The van der Waals surface area contributed by atoms with Crippen molar-refractivity contribution >= 4 is 56.0 Å². The number of rotatable bonds is 8. The van der Waals surface area contributed by atoms with E-state index in [0.717, 1.165) is 48.6 Å². The number of pyridine rings is 1. The second-order valence-electron chi connectivity index (χ2n) is 7.60. The van der Waals surface area contributed by atoms with Crippen molar-refractivity contribution in [3.63, 3.8) is 0 Å². The van der Waals surface area contributed by atoms with Gasteiger partial charge in [-0.3, -0.25) is 14.7 Å². The van der Waals surface area contributed by atoms with Crippen LogP contribution >= 0.6 is 34.7 Å². The van der Waals surface area contributed by atoms with E-state index in [2.05, 4.69) is 31.0 Å². The van der Waals surface area contributed by atoms with Crippen molar-refractivity contribution < 1.29 is 4.79 Å². The van der Waals surface area contributed by atoms with Crippen molar-refractivity contribution in [3.05, 3.63) is 82.6 Å². The van der Waals surface area contributed by atoms with Crippen LogP contribution in [0.3, 0.4) is 0 Å². The Morgan fingerprint density at radius 2 is 1.94 bits per heavy atom. The lowest BCUT2D eigenvalue weighted by molar-refractivity contribution is -0.118. The Bertz CT molecular complexity index is 1210. The standard InChI is InChI=1S/C25H24ClN3OS2/c1-17-7-12-22-24(18(17)2)28-25(32-22)29(16-19-5-3-13-27-15-19)23(30)6-4-14-31-21-10-8-20(26)9-11-21/h3,5,7-13,15H,4,6,14,16H2,1-2H3. The zero-order chi connectivity index (χ0) is 22.5. The van der Waals surface area contributed by atoms with Crippen LogP contribution in [0.2, 0.25) is 5.02 Å². The van der Waals surface area contributed by atoms with E-state index in [1.54, 1.807) is 35.5 Å². The fourth-order valence-electron chi connectivity index (χ4n) is 3.35. The molecular weight excluding hydrogens is 458 g/mol. The molecule has 2 aromatic carbocycles. The lowest BCUT2D eigenvalue weighted by Crippen LogP contribution is -2.30. The van der Waals surface area contributed by atoms with E-state index in [4.69, 9.17) is 16.6 Å². The van der Waals surface area contributed by atoms with Gasteiger partial charge in [0, 0.05) is 28.7 Å². The Morgan fingerprint density at radius 3 is 2.69 bits per heavy atom. The topological polar surface area (TPSA) is 46.1 Å². The summed E-state index contributed by atoms with van der Waals surface area (Å²) in [7, 11) is 0. The maximum absolute atomic E-state index is 13.3. The van der Waals surface area contributed by atoms with Crippen LogP contribution in [0.1, 0.15) is 29.5 Å². The first kappa shape index (κ1) is 22.8. The van der Waals surface area contributed by atoms with Crippen LogP contribution in [0.25, 0.3) is 10.2 Å². The molecule has 0 fully saturated rings. The molecule has 0 radical (unpaired) electrons. The van der Waals surface area contributed by atoms with Crippen molar-refractivity contribution in [2.45, 2.75) is 38.1 Å². The third-order valence-corrected chi connectivity index (χ3v) is 7.68. The zero-order valence-corrected chi connectivity index (χ0v) is 20.4. The summed E-state index contributed by atoms with van der Waals surface area (Å²) >= 11 is 9.26. The summed E-state index contributed by atoms with van der Waals surface area (Å²) in [6.45, 7) is 4.64. The third kappa shape index (κ3) is 5.49. The molecule has 2 heterocycles. The molecule has 4 rings (SSSR count). The molecule has 0 unspecified atom stereocenters. The van der Waals surface area contributed by atoms with Crippen LogP contribution in [-0.4, -0.2) is 21.6 Å². The van der Waals surface area contributed by atoms with Gasteiger partial charge in [0.2, 0.25) is 5.91 Å². The van der Waals surface area contributed by atoms with Crippen molar-refractivity contribution in [1.29, 1.82) is 0 Å². The van der Waals surface area contributed by atoms with Crippen LogP contribution in [0.4, 0.5) is 5.13 Å². The lowest BCUT2D eigenvalue weighted by atomic mass is 10.1. The molecule has 0 aliphatic heterocycles. The number of aryl methyl sites for hydroxylation is 2. The van der Waals surface area contributed by atoms with E-state index in [1.165, 1.54) is 5.56 Å². The number of thiazole rings is 1. The molecule has 4 nitrogen and oxygen atoms in total.